The molecule has 0 saturated heterocycles. The Bertz CT molecular complexity index is 256. The molecule has 0 aromatic carbocycles. The molecule has 0 bridgehead atoms. The van der Waals surface area contributed by atoms with E-state index in [4.69, 9.17) is 0 Å². The van der Waals surface area contributed by atoms with Crippen molar-refractivity contribution in [2.75, 3.05) is 0 Å². The summed E-state index contributed by atoms with van der Waals surface area (Å²) in [5, 5.41) is 0. The summed E-state index contributed by atoms with van der Waals surface area (Å²) in [5.41, 5.74) is 0.865. The first-order chi connectivity index (χ1) is 5.75. The highest BCUT2D eigenvalue weighted by atomic mass is 16.1. The van der Waals surface area contributed by atoms with Gasteiger partial charge in [0, 0.05) is 12.6 Å². The van der Waals surface area contributed by atoms with E-state index in [0.717, 1.165) is 5.69 Å². The Morgan fingerprint density at radius 1 is 1.58 bits per heavy atom. The molecular weight excluding hydrogens is 150 g/mol. The van der Waals surface area contributed by atoms with Crippen molar-refractivity contribution in [3.05, 3.63) is 30.1 Å². The van der Waals surface area contributed by atoms with Gasteiger partial charge in [0.05, 0.1) is 11.6 Å². The summed E-state index contributed by atoms with van der Waals surface area (Å²) in [7, 11) is 0. The SMILES string of the molecule is CCC(=O)C(C)c1ccccn1. The van der Waals surface area contributed by atoms with Gasteiger partial charge in [-0.05, 0) is 19.1 Å². The van der Waals surface area contributed by atoms with E-state index in [1.165, 1.54) is 0 Å². The second-order valence-electron chi connectivity index (χ2n) is 2.80. The maximum Gasteiger partial charge on any atom is 0.141 e. The Morgan fingerprint density at radius 3 is 2.83 bits per heavy atom. The molecule has 0 aliphatic carbocycles. The lowest BCUT2D eigenvalue weighted by molar-refractivity contribution is -0.119. The zero-order valence-electron chi connectivity index (χ0n) is 7.45. The molecule has 0 amide bonds. The summed E-state index contributed by atoms with van der Waals surface area (Å²) in [4.78, 5) is 15.4. The lowest BCUT2D eigenvalue weighted by Gasteiger charge is -2.06. The van der Waals surface area contributed by atoms with Crippen molar-refractivity contribution in [1.29, 1.82) is 0 Å². The first-order valence-electron chi connectivity index (χ1n) is 4.19. The molecule has 1 atom stereocenters. The molecule has 0 aliphatic rings. The fraction of sp³-hybridized carbons (Fsp3) is 0.400. The number of pyridine rings is 1. The van der Waals surface area contributed by atoms with Crippen LogP contribution in [0.15, 0.2) is 24.4 Å². The third-order valence-electron chi connectivity index (χ3n) is 1.96. The van der Waals surface area contributed by atoms with Crippen LogP contribution in [0.5, 0.6) is 0 Å². The van der Waals surface area contributed by atoms with Crippen LogP contribution < -0.4 is 0 Å². The number of nitrogens with zero attached hydrogens (tertiary/aromatic N) is 1. The average Bonchev–Trinajstić information content (AvgIpc) is 2.17. The van der Waals surface area contributed by atoms with E-state index >= 15 is 0 Å². The fourth-order valence-corrected chi connectivity index (χ4v) is 1.10. The van der Waals surface area contributed by atoms with E-state index in [-0.39, 0.29) is 11.7 Å². The van der Waals surface area contributed by atoms with Gasteiger partial charge in [0.2, 0.25) is 0 Å². The number of carbonyl (C=O) groups is 1. The predicted molar refractivity (Wildman–Crippen MR) is 48.0 cm³/mol. The normalized spacial score (nSPS) is 12.5. The molecule has 0 fully saturated rings. The van der Waals surface area contributed by atoms with Gasteiger partial charge in [0.25, 0.3) is 0 Å². The van der Waals surface area contributed by atoms with Gasteiger partial charge >= 0.3 is 0 Å². The van der Waals surface area contributed by atoms with Crippen LogP contribution in [0, 0.1) is 0 Å². The number of Topliss-reactive ketones (excluding diaryl/α,β-unsaturated/α-hetero) is 1. The lowest BCUT2D eigenvalue weighted by atomic mass is 10.0. The smallest absolute Gasteiger partial charge is 0.141 e. The predicted octanol–water partition coefficient (Wildman–Crippen LogP) is 2.16. The Balaban J connectivity index is 2.78. The Morgan fingerprint density at radius 2 is 2.33 bits per heavy atom. The van der Waals surface area contributed by atoms with Crippen molar-refractivity contribution < 1.29 is 4.79 Å². The summed E-state index contributed by atoms with van der Waals surface area (Å²) < 4.78 is 0. The number of aromatic nitrogens is 1. The van der Waals surface area contributed by atoms with Crippen LogP contribution in [0.2, 0.25) is 0 Å². The molecule has 2 nitrogen and oxygen atoms in total. The van der Waals surface area contributed by atoms with Gasteiger partial charge in [0.15, 0.2) is 0 Å². The monoisotopic (exact) mass is 163 g/mol. The second-order valence-corrected chi connectivity index (χ2v) is 2.80. The van der Waals surface area contributed by atoms with Gasteiger partial charge < -0.3 is 0 Å². The van der Waals surface area contributed by atoms with Crippen molar-refractivity contribution in [2.24, 2.45) is 0 Å². The maximum atomic E-state index is 11.3. The topological polar surface area (TPSA) is 30.0 Å². The molecular formula is C10H13NO. The van der Waals surface area contributed by atoms with Gasteiger partial charge in [-0.3, -0.25) is 9.78 Å². The zero-order valence-corrected chi connectivity index (χ0v) is 7.45. The number of carbonyl (C=O) groups excluding carboxylic acids is 1. The molecule has 1 aromatic heterocycles. The van der Waals surface area contributed by atoms with Crippen LogP contribution >= 0.6 is 0 Å². The maximum absolute atomic E-state index is 11.3. The Labute approximate surface area is 72.6 Å². The van der Waals surface area contributed by atoms with E-state index < -0.39 is 0 Å². The zero-order chi connectivity index (χ0) is 8.97. The molecule has 0 spiro atoms. The van der Waals surface area contributed by atoms with Crippen molar-refractivity contribution in [3.63, 3.8) is 0 Å². The van der Waals surface area contributed by atoms with E-state index in [9.17, 15) is 4.79 Å². The summed E-state index contributed by atoms with van der Waals surface area (Å²) in [6.07, 6.45) is 2.30. The van der Waals surface area contributed by atoms with Crippen molar-refractivity contribution in [3.8, 4) is 0 Å². The van der Waals surface area contributed by atoms with Gasteiger partial charge in [-0.1, -0.05) is 13.0 Å². The molecule has 0 aliphatic heterocycles. The van der Waals surface area contributed by atoms with Crippen molar-refractivity contribution in [1.82, 2.24) is 4.98 Å². The standard InChI is InChI=1S/C10H13NO/c1-3-10(12)8(2)9-6-4-5-7-11-9/h4-8H,3H2,1-2H3. The van der Waals surface area contributed by atoms with Gasteiger partial charge in [-0.25, -0.2) is 0 Å². The Hall–Kier alpha value is -1.18. The molecule has 1 unspecified atom stereocenters. The second kappa shape index (κ2) is 4.00. The van der Waals surface area contributed by atoms with E-state index in [2.05, 4.69) is 4.98 Å². The van der Waals surface area contributed by atoms with E-state index in [1.54, 1.807) is 6.20 Å². The number of rotatable bonds is 3. The van der Waals surface area contributed by atoms with Gasteiger partial charge in [-0.15, -0.1) is 0 Å². The minimum Gasteiger partial charge on any atom is -0.299 e. The van der Waals surface area contributed by atoms with Crippen LogP contribution in [0.3, 0.4) is 0 Å². The molecule has 12 heavy (non-hydrogen) atoms. The minimum atomic E-state index is -0.0591. The lowest BCUT2D eigenvalue weighted by Crippen LogP contribution is -2.08. The molecule has 2 heteroatoms. The Kier molecular flexibility index (Phi) is 2.97. The fourth-order valence-electron chi connectivity index (χ4n) is 1.10. The quantitative estimate of drug-likeness (QED) is 0.683. The minimum absolute atomic E-state index is 0.0591. The number of hydrogen-bond donors (Lipinski definition) is 0. The van der Waals surface area contributed by atoms with Crippen molar-refractivity contribution >= 4 is 5.78 Å². The first-order valence-corrected chi connectivity index (χ1v) is 4.19. The van der Waals surface area contributed by atoms with E-state index in [1.807, 2.05) is 32.0 Å². The third-order valence-corrected chi connectivity index (χ3v) is 1.96. The largest absolute Gasteiger partial charge is 0.299 e. The summed E-state index contributed by atoms with van der Waals surface area (Å²) >= 11 is 0. The van der Waals surface area contributed by atoms with Gasteiger partial charge in [-0.2, -0.15) is 0 Å². The number of hydrogen-bond acceptors (Lipinski definition) is 2. The highest BCUT2D eigenvalue weighted by Gasteiger charge is 2.13. The molecule has 0 radical (unpaired) electrons. The summed E-state index contributed by atoms with van der Waals surface area (Å²) in [6.45, 7) is 3.77. The highest BCUT2D eigenvalue weighted by Crippen LogP contribution is 2.13. The average molecular weight is 163 g/mol. The molecule has 1 rings (SSSR count). The highest BCUT2D eigenvalue weighted by molar-refractivity contribution is 5.84. The number of ketones is 1. The van der Waals surface area contributed by atoms with Crippen molar-refractivity contribution in [2.45, 2.75) is 26.2 Å². The molecule has 0 N–H and O–H groups in total. The van der Waals surface area contributed by atoms with Crippen LogP contribution in [0.25, 0.3) is 0 Å². The molecule has 0 saturated carbocycles. The van der Waals surface area contributed by atoms with Gasteiger partial charge in [0.1, 0.15) is 5.78 Å². The van der Waals surface area contributed by atoms with Crippen LogP contribution in [-0.4, -0.2) is 10.8 Å². The van der Waals surface area contributed by atoms with E-state index in [0.29, 0.717) is 6.42 Å². The summed E-state index contributed by atoms with van der Waals surface area (Å²) in [5.74, 6) is 0.185. The third kappa shape index (κ3) is 1.91. The summed E-state index contributed by atoms with van der Waals surface area (Å²) in [6, 6.07) is 5.65. The van der Waals surface area contributed by atoms with Crippen LogP contribution in [0.1, 0.15) is 31.9 Å². The van der Waals surface area contributed by atoms with Crippen LogP contribution in [0.4, 0.5) is 0 Å². The first kappa shape index (κ1) is 8.91. The van der Waals surface area contributed by atoms with Crippen LogP contribution in [-0.2, 0) is 4.79 Å². The molecule has 64 valence electrons. The molecule has 1 aromatic rings. The molecule has 1 heterocycles.